The van der Waals surface area contributed by atoms with E-state index in [1.165, 1.54) is 0 Å². The quantitative estimate of drug-likeness (QED) is 0.677. The molecule has 1 rings (SSSR count). The van der Waals surface area contributed by atoms with Gasteiger partial charge in [-0.25, -0.2) is 9.59 Å². The van der Waals surface area contributed by atoms with Crippen molar-refractivity contribution in [2.75, 3.05) is 6.61 Å². The fourth-order valence-electron chi connectivity index (χ4n) is 1.51. The molecule has 1 aromatic carbocycles. The summed E-state index contributed by atoms with van der Waals surface area (Å²) in [5.74, 6) is -1.72. The summed E-state index contributed by atoms with van der Waals surface area (Å²) < 4.78 is 4.67. The molecule has 0 aliphatic heterocycles. The zero-order valence-electron chi connectivity index (χ0n) is 12.5. The van der Waals surface area contributed by atoms with Crippen molar-refractivity contribution in [3.63, 3.8) is 0 Å². The van der Waals surface area contributed by atoms with Crippen LogP contribution >= 0.6 is 0 Å². The number of ether oxygens (including phenoxy) is 1. The number of aliphatic hydroxyl groups excluding tert-OH is 1. The molecule has 7 heteroatoms. The first-order valence-electron chi connectivity index (χ1n) is 6.94. The molecule has 7 nitrogen and oxygen atoms in total. The van der Waals surface area contributed by atoms with Crippen LogP contribution in [0, 0.1) is 0 Å². The molecule has 0 saturated carbocycles. The standard InChI is InChI=1S/C15H20N2O5/c1-3-10(2)16-15(21)17-12(18)9-22-14(20)13(19)11-7-5-4-6-8-11/h4-8,10,13,19H,3,9H2,1-2H3,(H2,16,17,18,21)/t10-,13+/m0/s1. The van der Waals surface area contributed by atoms with E-state index in [9.17, 15) is 19.5 Å². The largest absolute Gasteiger partial charge is 0.453 e. The lowest BCUT2D eigenvalue weighted by molar-refractivity contribution is -0.157. The van der Waals surface area contributed by atoms with Gasteiger partial charge in [0.15, 0.2) is 12.7 Å². The van der Waals surface area contributed by atoms with Gasteiger partial charge in [-0.3, -0.25) is 10.1 Å². The van der Waals surface area contributed by atoms with Crippen molar-refractivity contribution in [1.29, 1.82) is 0 Å². The van der Waals surface area contributed by atoms with Gasteiger partial charge in [0.05, 0.1) is 0 Å². The van der Waals surface area contributed by atoms with Crippen molar-refractivity contribution in [1.82, 2.24) is 10.6 Å². The van der Waals surface area contributed by atoms with E-state index >= 15 is 0 Å². The molecule has 2 atom stereocenters. The maximum atomic E-state index is 11.6. The molecule has 0 aliphatic carbocycles. The van der Waals surface area contributed by atoms with Crippen LogP contribution in [0.15, 0.2) is 30.3 Å². The van der Waals surface area contributed by atoms with Crippen molar-refractivity contribution in [3.8, 4) is 0 Å². The van der Waals surface area contributed by atoms with Crippen molar-refractivity contribution >= 4 is 17.9 Å². The van der Waals surface area contributed by atoms with Gasteiger partial charge in [0.25, 0.3) is 5.91 Å². The van der Waals surface area contributed by atoms with E-state index in [4.69, 9.17) is 0 Å². The maximum Gasteiger partial charge on any atom is 0.340 e. The lowest BCUT2D eigenvalue weighted by atomic mass is 10.1. The molecule has 0 saturated heterocycles. The van der Waals surface area contributed by atoms with E-state index in [1.54, 1.807) is 37.3 Å². The van der Waals surface area contributed by atoms with E-state index in [0.717, 1.165) is 6.42 Å². The number of hydrogen-bond donors (Lipinski definition) is 3. The molecule has 3 N–H and O–H groups in total. The smallest absolute Gasteiger partial charge is 0.340 e. The molecule has 0 spiro atoms. The summed E-state index contributed by atoms with van der Waals surface area (Å²) in [4.78, 5) is 34.5. The zero-order valence-corrected chi connectivity index (χ0v) is 12.5. The topological polar surface area (TPSA) is 105 Å². The molecular weight excluding hydrogens is 288 g/mol. The normalized spacial score (nSPS) is 12.9. The molecule has 0 heterocycles. The molecule has 0 radical (unpaired) electrons. The lowest BCUT2D eigenvalue weighted by Crippen LogP contribution is -2.44. The summed E-state index contributed by atoms with van der Waals surface area (Å²) in [5.41, 5.74) is 0.363. The molecule has 3 amide bonds. The summed E-state index contributed by atoms with van der Waals surface area (Å²) in [6, 6.07) is 7.46. The number of carbonyl (C=O) groups is 3. The lowest BCUT2D eigenvalue weighted by Gasteiger charge is -2.13. The Morgan fingerprint density at radius 1 is 1.23 bits per heavy atom. The van der Waals surface area contributed by atoms with Gasteiger partial charge in [-0.15, -0.1) is 0 Å². The Kier molecular flexibility index (Phi) is 7.04. The van der Waals surface area contributed by atoms with E-state index in [1.807, 2.05) is 12.2 Å². The minimum Gasteiger partial charge on any atom is -0.453 e. The number of amides is 3. The molecule has 1 aromatic rings. The monoisotopic (exact) mass is 308 g/mol. The number of nitrogens with one attached hydrogen (secondary N) is 2. The Bertz CT molecular complexity index is 518. The van der Waals surface area contributed by atoms with E-state index < -0.39 is 30.6 Å². The van der Waals surface area contributed by atoms with Gasteiger partial charge in [-0.1, -0.05) is 37.3 Å². The summed E-state index contributed by atoms with van der Waals surface area (Å²) in [7, 11) is 0. The molecule has 0 fully saturated rings. The van der Waals surface area contributed by atoms with Crippen LogP contribution in [0.4, 0.5) is 4.79 Å². The van der Waals surface area contributed by atoms with Gasteiger partial charge >= 0.3 is 12.0 Å². The molecule has 0 bridgehead atoms. The van der Waals surface area contributed by atoms with Crippen molar-refractivity contribution in [3.05, 3.63) is 35.9 Å². The van der Waals surface area contributed by atoms with Gasteiger partial charge in [-0.2, -0.15) is 0 Å². The first-order valence-corrected chi connectivity index (χ1v) is 6.94. The van der Waals surface area contributed by atoms with Gasteiger partial charge in [0.1, 0.15) is 0 Å². The Labute approximate surface area is 128 Å². The van der Waals surface area contributed by atoms with Gasteiger partial charge in [0.2, 0.25) is 0 Å². The van der Waals surface area contributed by atoms with Crippen LogP contribution in [0.25, 0.3) is 0 Å². The third-order valence-electron chi connectivity index (χ3n) is 2.93. The average molecular weight is 308 g/mol. The minimum atomic E-state index is -1.47. The predicted octanol–water partition coefficient (Wildman–Crippen LogP) is 0.887. The highest BCUT2D eigenvalue weighted by Gasteiger charge is 2.20. The van der Waals surface area contributed by atoms with Crippen LogP contribution in [-0.2, 0) is 14.3 Å². The number of benzene rings is 1. The zero-order chi connectivity index (χ0) is 16.5. The Hall–Kier alpha value is -2.41. The van der Waals surface area contributed by atoms with Crippen molar-refractivity contribution in [2.24, 2.45) is 0 Å². The first-order chi connectivity index (χ1) is 10.4. The molecule has 0 unspecified atom stereocenters. The van der Waals surface area contributed by atoms with Crippen LogP contribution in [0.2, 0.25) is 0 Å². The highest BCUT2D eigenvalue weighted by atomic mass is 16.5. The highest BCUT2D eigenvalue weighted by Crippen LogP contribution is 2.13. The summed E-state index contributed by atoms with van der Waals surface area (Å²) in [5, 5.41) is 14.3. The second-order valence-electron chi connectivity index (χ2n) is 4.75. The predicted molar refractivity (Wildman–Crippen MR) is 78.8 cm³/mol. The van der Waals surface area contributed by atoms with Crippen LogP contribution in [-0.4, -0.2) is 35.7 Å². The van der Waals surface area contributed by atoms with Crippen molar-refractivity contribution < 1.29 is 24.2 Å². The Morgan fingerprint density at radius 3 is 2.45 bits per heavy atom. The molecule has 22 heavy (non-hydrogen) atoms. The van der Waals surface area contributed by atoms with Crippen molar-refractivity contribution in [2.45, 2.75) is 32.4 Å². The van der Waals surface area contributed by atoms with Gasteiger partial charge in [0, 0.05) is 6.04 Å². The van der Waals surface area contributed by atoms with E-state index in [2.05, 4.69) is 10.1 Å². The van der Waals surface area contributed by atoms with Crippen LogP contribution in [0.3, 0.4) is 0 Å². The fourth-order valence-corrected chi connectivity index (χ4v) is 1.51. The summed E-state index contributed by atoms with van der Waals surface area (Å²) >= 11 is 0. The highest BCUT2D eigenvalue weighted by molar-refractivity contribution is 5.95. The molecule has 0 aliphatic rings. The molecule has 0 aromatic heterocycles. The number of hydrogen-bond acceptors (Lipinski definition) is 5. The number of imide groups is 1. The van der Waals surface area contributed by atoms with Gasteiger partial charge < -0.3 is 15.2 Å². The summed E-state index contributed by atoms with van der Waals surface area (Å²) in [6.07, 6.45) is -0.747. The number of esters is 1. The third kappa shape index (κ3) is 5.92. The van der Waals surface area contributed by atoms with E-state index in [0.29, 0.717) is 5.56 Å². The second kappa shape index (κ2) is 8.78. The Balaban J connectivity index is 2.37. The average Bonchev–Trinajstić information content (AvgIpc) is 2.52. The summed E-state index contributed by atoms with van der Waals surface area (Å²) in [6.45, 7) is 3.04. The molecule has 120 valence electrons. The van der Waals surface area contributed by atoms with Crippen LogP contribution in [0.1, 0.15) is 31.9 Å². The van der Waals surface area contributed by atoms with Crippen LogP contribution in [0.5, 0.6) is 0 Å². The second-order valence-corrected chi connectivity index (χ2v) is 4.75. The van der Waals surface area contributed by atoms with E-state index in [-0.39, 0.29) is 6.04 Å². The number of urea groups is 1. The minimum absolute atomic E-state index is 0.0738. The maximum absolute atomic E-state index is 11.6. The first kappa shape index (κ1) is 17.6. The van der Waals surface area contributed by atoms with Crippen LogP contribution < -0.4 is 10.6 Å². The SMILES string of the molecule is CC[C@H](C)NC(=O)NC(=O)COC(=O)[C@H](O)c1ccccc1. The number of carbonyl (C=O) groups excluding carboxylic acids is 3. The Morgan fingerprint density at radius 2 is 1.86 bits per heavy atom. The van der Waals surface area contributed by atoms with Gasteiger partial charge in [-0.05, 0) is 18.9 Å². The number of aliphatic hydroxyl groups is 1. The number of rotatable bonds is 6. The molecular formula is C15H20N2O5. The fraction of sp³-hybridized carbons (Fsp3) is 0.400. The third-order valence-corrected chi connectivity index (χ3v) is 2.93.